The molecule has 0 heterocycles. The van der Waals surface area contributed by atoms with Crippen LogP contribution in [0.15, 0.2) is 24.3 Å². The van der Waals surface area contributed by atoms with Gasteiger partial charge in [-0.1, -0.05) is 29.8 Å². The van der Waals surface area contributed by atoms with E-state index in [2.05, 4.69) is 11.4 Å². The maximum Gasteiger partial charge on any atom is 0.329 e. The average molecular weight is 297 g/mol. The second kappa shape index (κ2) is 9.39. The SMILES string of the molecule is Cc1cccc(CSCC(=O)NCCOCC(=O)O)c1. The van der Waals surface area contributed by atoms with Crippen LogP contribution in [0.25, 0.3) is 0 Å². The lowest BCUT2D eigenvalue weighted by Crippen LogP contribution is -2.29. The molecule has 0 aromatic heterocycles. The Balaban J connectivity index is 2.07. The highest BCUT2D eigenvalue weighted by Gasteiger charge is 2.02. The molecule has 5 nitrogen and oxygen atoms in total. The molecule has 1 aromatic rings. The van der Waals surface area contributed by atoms with Gasteiger partial charge in [0.25, 0.3) is 0 Å². The summed E-state index contributed by atoms with van der Waals surface area (Å²) in [5.41, 5.74) is 2.41. The lowest BCUT2D eigenvalue weighted by atomic mass is 10.2. The van der Waals surface area contributed by atoms with Crippen molar-refractivity contribution >= 4 is 23.6 Å². The zero-order chi connectivity index (χ0) is 14.8. The monoisotopic (exact) mass is 297 g/mol. The fraction of sp³-hybridized carbons (Fsp3) is 0.429. The Morgan fingerprint density at radius 3 is 2.90 bits per heavy atom. The fourth-order valence-electron chi connectivity index (χ4n) is 1.54. The van der Waals surface area contributed by atoms with Gasteiger partial charge in [0.1, 0.15) is 6.61 Å². The van der Waals surface area contributed by atoms with Gasteiger partial charge in [-0.15, -0.1) is 11.8 Å². The summed E-state index contributed by atoms with van der Waals surface area (Å²) in [4.78, 5) is 21.7. The van der Waals surface area contributed by atoms with E-state index >= 15 is 0 Å². The van der Waals surface area contributed by atoms with Gasteiger partial charge in [0.15, 0.2) is 0 Å². The standard InChI is InChI=1S/C14H19NO4S/c1-11-3-2-4-12(7-11)9-20-10-13(16)15-5-6-19-8-14(17)18/h2-4,7H,5-6,8-10H2,1H3,(H,15,16)(H,17,18). The minimum absolute atomic E-state index is 0.0680. The lowest BCUT2D eigenvalue weighted by molar-refractivity contribution is -0.142. The van der Waals surface area contributed by atoms with Crippen LogP contribution in [0.5, 0.6) is 0 Å². The molecule has 20 heavy (non-hydrogen) atoms. The Kier molecular flexibility index (Phi) is 7.75. The predicted molar refractivity (Wildman–Crippen MR) is 78.8 cm³/mol. The van der Waals surface area contributed by atoms with Crippen molar-refractivity contribution in [2.75, 3.05) is 25.5 Å². The Hall–Kier alpha value is -1.53. The molecule has 1 amide bonds. The number of nitrogens with one attached hydrogen (secondary N) is 1. The van der Waals surface area contributed by atoms with Gasteiger partial charge in [-0.05, 0) is 12.5 Å². The molecule has 0 fully saturated rings. The summed E-state index contributed by atoms with van der Waals surface area (Å²) < 4.78 is 4.81. The number of amides is 1. The molecule has 0 atom stereocenters. The highest BCUT2D eigenvalue weighted by molar-refractivity contribution is 7.99. The van der Waals surface area contributed by atoms with E-state index in [0.29, 0.717) is 12.3 Å². The van der Waals surface area contributed by atoms with Crippen molar-refractivity contribution in [1.82, 2.24) is 5.32 Å². The molecular formula is C14H19NO4S. The highest BCUT2D eigenvalue weighted by Crippen LogP contribution is 2.12. The summed E-state index contributed by atoms with van der Waals surface area (Å²) in [7, 11) is 0. The number of rotatable bonds is 9. The van der Waals surface area contributed by atoms with Crippen molar-refractivity contribution in [2.45, 2.75) is 12.7 Å². The molecule has 0 spiro atoms. The molecular weight excluding hydrogens is 278 g/mol. The molecule has 0 unspecified atom stereocenters. The van der Waals surface area contributed by atoms with Gasteiger partial charge in [-0.25, -0.2) is 4.79 Å². The van der Waals surface area contributed by atoms with Gasteiger partial charge in [0.05, 0.1) is 12.4 Å². The van der Waals surface area contributed by atoms with E-state index in [4.69, 9.17) is 9.84 Å². The van der Waals surface area contributed by atoms with Crippen LogP contribution in [-0.4, -0.2) is 42.5 Å². The average Bonchev–Trinajstić information content (AvgIpc) is 2.38. The molecule has 110 valence electrons. The van der Waals surface area contributed by atoms with E-state index in [1.807, 2.05) is 25.1 Å². The molecule has 1 rings (SSSR count). The zero-order valence-electron chi connectivity index (χ0n) is 11.4. The van der Waals surface area contributed by atoms with E-state index in [9.17, 15) is 9.59 Å². The van der Waals surface area contributed by atoms with Crippen LogP contribution in [0.2, 0.25) is 0 Å². The third-order valence-corrected chi connectivity index (χ3v) is 3.38. The number of aliphatic carboxylic acids is 1. The first-order valence-electron chi connectivity index (χ1n) is 6.27. The number of hydrogen-bond donors (Lipinski definition) is 2. The molecule has 0 saturated heterocycles. The zero-order valence-corrected chi connectivity index (χ0v) is 12.2. The predicted octanol–water partition coefficient (Wildman–Crippen LogP) is 1.45. The number of carboxylic acid groups (broad SMARTS) is 1. The number of carboxylic acids is 1. The summed E-state index contributed by atoms with van der Waals surface area (Å²) >= 11 is 1.54. The molecule has 0 aliphatic carbocycles. The molecule has 0 aliphatic heterocycles. The third-order valence-electron chi connectivity index (χ3n) is 2.38. The quantitative estimate of drug-likeness (QED) is 0.675. The first-order valence-corrected chi connectivity index (χ1v) is 7.43. The number of aryl methyl sites for hydroxylation is 1. The molecule has 6 heteroatoms. The highest BCUT2D eigenvalue weighted by atomic mass is 32.2. The van der Waals surface area contributed by atoms with E-state index in [0.717, 1.165) is 5.75 Å². The summed E-state index contributed by atoms with van der Waals surface area (Å²) in [6.45, 7) is 2.24. The summed E-state index contributed by atoms with van der Waals surface area (Å²) in [5.74, 6) is 0.101. The van der Waals surface area contributed by atoms with Gasteiger partial charge >= 0.3 is 5.97 Å². The number of thioether (sulfide) groups is 1. The normalized spacial score (nSPS) is 10.2. The number of carbonyl (C=O) groups is 2. The first kappa shape index (κ1) is 16.5. The second-order valence-electron chi connectivity index (χ2n) is 4.28. The van der Waals surface area contributed by atoms with Gasteiger partial charge in [0.2, 0.25) is 5.91 Å². The summed E-state index contributed by atoms with van der Waals surface area (Å²) in [6, 6.07) is 8.19. The summed E-state index contributed by atoms with van der Waals surface area (Å²) in [6.07, 6.45) is 0. The van der Waals surface area contributed by atoms with Gasteiger partial charge < -0.3 is 15.2 Å². The smallest absolute Gasteiger partial charge is 0.329 e. The minimum Gasteiger partial charge on any atom is -0.480 e. The van der Waals surface area contributed by atoms with Crippen molar-refractivity contribution < 1.29 is 19.4 Å². The van der Waals surface area contributed by atoms with Crippen LogP contribution < -0.4 is 5.32 Å². The number of carbonyl (C=O) groups excluding carboxylic acids is 1. The largest absolute Gasteiger partial charge is 0.480 e. The van der Waals surface area contributed by atoms with Crippen LogP contribution in [0.1, 0.15) is 11.1 Å². The topological polar surface area (TPSA) is 75.6 Å². The molecule has 0 bridgehead atoms. The molecule has 1 aromatic carbocycles. The first-order chi connectivity index (χ1) is 9.58. The number of benzene rings is 1. The molecule has 0 aliphatic rings. The van der Waals surface area contributed by atoms with E-state index in [1.54, 1.807) is 11.8 Å². The van der Waals surface area contributed by atoms with Crippen molar-refractivity contribution in [3.63, 3.8) is 0 Å². The van der Waals surface area contributed by atoms with Gasteiger partial charge in [-0.3, -0.25) is 4.79 Å². The van der Waals surface area contributed by atoms with E-state index < -0.39 is 5.97 Å². The lowest BCUT2D eigenvalue weighted by Gasteiger charge is -2.05. The molecule has 0 radical (unpaired) electrons. The van der Waals surface area contributed by atoms with Crippen LogP contribution in [0, 0.1) is 6.92 Å². The Morgan fingerprint density at radius 1 is 1.40 bits per heavy atom. The van der Waals surface area contributed by atoms with Crippen molar-refractivity contribution in [3.05, 3.63) is 35.4 Å². The molecule has 2 N–H and O–H groups in total. The van der Waals surface area contributed by atoms with Crippen molar-refractivity contribution in [1.29, 1.82) is 0 Å². The number of ether oxygens (including phenoxy) is 1. The third kappa shape index (κ3) is 7.81. The van der Waals surface area contributed by atoms with Crippen LogP contribution in [-0.2, 0) is 20.1 Å². The van der Waals surface area contributed by atoms with Gasteiger partial charge in [0, 0.05) is 12.3 Å². The fourth-order valence-corrected chi connectivity index (χ4v) is 2.34. The Bertz CT molecular complexity index is 451. The summed E-state index contributed by atoms with van der Waals surface area (Å²) in [5, 5.41) is 11.0. The van der Waals surface area contributed by atoms with Crippen molar-refractivity contribution in [3.8, 4) is 0 Å². The van der Waals surface area contributed by atoms with Gasteiger partial charge in [-0.2, -0.15) is 0 Å². The maximum absolute atomic E-state index is 11.5. The maximum atomic E-state index is 11.5. The van der Waals surface area contributed by atoms with E-state index in [1.165, 1.54) is 11.1 Å². The Morgan fingerprint density at radius 2 is 2.20 bits per heavy atom. The van der Waals surface area contributed by atoms with Crippen LogP contribution >= 0.6 is 11.8 Å². The second-order valence-corrected chi connectivity index (χ2v) is 5.26. The van der Waals surface area contributed by atoms with E-state index in [-0.39, 0.29) is 19.1 Å². The number of hydrogen-bond acceptors (Lipinski definition) is 4. The molecule has 0 saturated carbocycles. The Labute approximate surface area is 122 Å². The minimum atomic E-state index is -1.01. The van der Waals surface area contributed by atoms with Crippen LogP contribution in [0.3, 0.4) is 0 Å². The van der Waals surface area contributed by atoms with Crippen molar-refractivity contribution in [2.24, 2.45) is 0 Å². The van der Waals surface area contributed by atoms with Crippen LogP contribution in [0.4, 0.5) is 0 Å².